The lowest BCUT2D eigenvalue weighted by atomic mass is 9.70. The first-order chi connectivity index (χ1) is 24.7. The van der Waals surface area contributed by atoms with Crippen molar-refractivity contribution in [2.75, 3.05) is 13.2 Å². The molecule has 0 atom stereocenters. The van der Waals surface area contributed by atoms with Crippen molar-refractivity contribution in [3.05, 3.63) is 155 Å². The lowest BCUT2D eigenvalue weighted by Gasteiger charge is -2.31. The molecule has 4 heterocycles. The Balaban J connectivity index is 1.13. The molecular formula is C45H36N4O2. The van der Waals surface area contributed by atoms with E-state index >= 15 is 0 Å². The number of benzene rings is 4. The van der Waals surface area contributed by atoms with Crippen LogP contribution in [0.15, 0.2) is 132 Å². The molecule has 6 heteroatoms. The Labute approximate surface area is 297 Å². The number of aromatic nitrogens is 2. The molecule has 4 aromatic carbocycles. The summed E-state index contributed by atoms with van der Waals surface area (Å²) in [7, 11) is 0. The quantitative estimate of drug-likeness (QED) is 0.188. The predicted octanol–water partition coefficient (Wildman–Crippen LogP) is 9.26. The Morgan fingerprint density at radius 3 is 1.25 bits per heavy atom. The molecule has 10 rings (SSSR count). The monoisotopic (exact) mass is 664 g/mol. The summed E-state index contributed by atoms with van der Waals surface area (Å²) in [5.74, 6) is 1.22. The summed E-state index contributed by atoms with van der Waals surface area (Å²) in [4.78, 5) is 19.1. The second kappa shape index (κ2) is 10.6. The molecule has 2 aromatic heterocycles. The van der Waals surface area contributed by atoms with Crippen LogP contribution in [0.3, 0.4) is 0 Å². The van der Waals surface area contributed by atoms with Crippen LogP contribution in [0, 0.1) is 0 Å². The van der Waals surface area contributed by atoms with E-state index in [-0.39, 0.29) is 11.1 Å². The number of aliphatic imine (C=N–C) groups is 2. The van der Waals surface area contributed by atoms with Gasteiger partial charge in [-0.3, -0.25) is 9.97 Å². The van der Waals surface area contributed by atoms with Crippen molar-refractivity contribution in [3.63, 3.8) is 0 Å². The predicted molar refractivity (Wildman–Crippen MR) is 202 cm³/mol. The van der Waals surface area contributed by atoms with Gasteiger partial charge in [0.15, 0.2) is 0 Å². The molecule has 1 spiro atoms. The zero-order valence-corrected chi connectivity index (χ0v) is 29.1. The Morgan fingerprint density at radius 1 is 0.451 bits per heavy atom. The van der Waals surface area contributed by atoms with Crippen molar-refractivity contribution in [1.29, 1.82) is 0 Å². The van der Waals surface area contributed by atoms with Crippen LogP contribution in [0.1, 0.15) is 61.3 Å². The third kappa shape index (κ3) is 4.48. The lowest BCUT2D eigenvalue weighted by Crippen LogP contribution is -2.26. The molecule has 0 radical (unpaired) electrons. The lowest BCUT2D eigenvalue weighted by molar-refractivity contribution is 0.279. The van der Waals surface area contributed by atoms with Crippen molar-refractivity contribution < 1.29 is 9.47 Å². The van der Waals surface area contributed by atoms with Crippen LogP contribution < -0.4 is 0 Å². The summed E-state index contributed by atoms with van der Waals surface area (Å²) in [5, 5.41) is 0. The van der Waals surface area contributed by atoms with E-state index < -0.39 is 5.41 Å². The van der Waals surface area contributed by atoms with Gasteiger partial charge in [-0.2, -0.15) is 0 Å². The Hall–Kier alpha value is -5.88. The maximum absolute atomic E-state index is 5.88. The van der Waals surface area contributed by atoms with Crippen molar-refractivity contribution in [1.82, 2.24) is 9.97 Å². The first kappa shape index (κ1) is 30.0. The van der Waals surface area contributed by atoms with Gasteiger partial charge in [0, 0.05) is 23.5 Å². The van der Waals surface area contributed by atoms with E-state index in [0.29, 0.717) is 25.0 Å². The third-order valence-electron chi connectivity index (χ3n) is 10.7. The van der Waals surface area contributed by atoms with E-state index in [1.165, 1.54) is 44.5 Å². The molecule has 6 nitrogen and oxygen atoms in total. The van der Waals surface area contributed by atoms with E-state index in [9.17, 15) is 0 Å². The van der Waals surface area contributed by atoms with E-state index in [1.54, 1.807) is 0 Å². The third-order valence-corrected chi connectivity index (χ3v) is 10.7. The largest absolute Gasteiger partial charge is 0.474 e. The Bertz CT molecular complexity index is 2300. The molecule has 6 aromatic rings. The molecule has 0 bridgehead atoms. The number of nitrogens with zero attached hydrogens (tertiary/aromatic N) is 4. The molecule has 2 aliphatic carbocycles. The van der Waals surface area contributed by atoms with Crippen LogP contribution >= 0.6 is 0 Å². The number of pyridine rings is 2. The number of fused-ring (bicyclic) bond motifs is 10. The summed E-state index contributed by atoms with van der Waals surface area (Å²) in [6.45, 7) is 9.42. The molecule has 0 amide bonds. The van der Waals surface area contributed by atoms with Gasteiger partial charge in [0.1, 0.15) is 24.6 Å². The van der Waals surface area contributed by atoms with Crippen molar-refractivity contribution in [2.24, 2.45) is 9.98 Å². The minimum atomic E-state index is -0.486. The molecule has 4 aliphatic rings. The van der Waals surface area contributed by atoms with Crippen molar-refractivity contribution >= 4 is 11.8 Å². The molecule has 2 aliphatic heterocycles. The van der Waals surface area contributed by atoms with Gasteiger partial charge in [-0.05, 0) is 108 Å². The van der Waals surface area contributed by atoms with E-state index in [2.05, 4.69) is 125 Å². The van der Waals surface area contributed by atoms with Gasteiger partial charge in [-0.25, -0.2) is 9.98 Å². The first-order valence-electron chi connectivity index (χ1n) is 17.6. The number of rotatable bonds is 4. The SMILES string of the molecule is CC1(C)COC(c2ccc(-c3ccc4c(c3)C3(c5ccccc5-c5ccccc53)c3cc(-c5ccc(C6=NC(C)(C)CO6)nc5)ccc3-4)cn2)=N1. The highest BCUT2D eigenvalue weighted by atomic mass is 16.5. The van der Waals surface area contributed by atoms with Crippen LogP contribution in [0.2, 0.25) is 0 Å². The van der Waals surface area contributed by atoms with Gasteiger partial charge in [0.2, 0.25) is 11.8 Å². The molecule has 0 fully saturated rings. The molecular weight excluding hydrogens is 629 g/mol. The minimum absolute atomic E-state index is 0.232. The standard InChI is InChI=1S/C45H36N4O2/c1-43(2)25-50-41(48-43)39-19-15-29(23-46-39)27-13-17-33-34-18-14-28(30-16-20-40(47-24-30)42-49-44(3,4)26-51-42)22-38(34)45(37(33)21-27)35-11-7-5-9-31(35)32-10-6-8-12-36(32)45/h5-24H,25-26H2,1-4H3. The number of ether oxygens (including phenoxy) is 2. The number of hydrogen-bond acceptors (Lipinski definition) is 6. The molecule has 0 N–H and O–H groups in total. The van der Waals surface area contributed by atoms with Crippen LogP contribution in [0.4, 0.5) is 0 Å². The van der Waals surface area contributed by atoms with Crippen LogP contribution in [-0.4, -0.2) is 46.1 Å². The van der Waals surface area contributed by atoms with Gasteiger partial charge in [-0.15, -0.1) is 0 Å². The van der Waals surface area contributed by atoms with E-state index in [4.69, 9.17) is 29.4 Å². The summed E-state index contributed by atoms with van der Waals surface area (Å²) in [6, 6.07) is 39.9. The van der Waals surface area contributed by atoms with Gasteiger partial charge in [0.25, 0.3) is 0 Å². The summed E-state index contributed by atoms with van der Waals surface area (Å²) in [6.07, 6.45) is 3.88. The van der Waals surface area contributed by atoms with Gasteiger partial charge < -0.3 is 9.47 Å². The highest BCUT2D eigenvalue weighted by Crippen LogP contribution is 2.63. The molecule has 0 unspecified atom stereocenters. The smallest absolute Gasteiger partial charge is 0.236 e. The fourth-order valence-electron chi connectivity index (χ4n) is 8.31. The van der Waals surface area contributed by atoms with Crippen LogP contribution in [0.25, 0.3) is 44.5 Å². The maximum Gasteiger partial charge on any atom is 0.236 e. The average molecular weight is 665 g/mol. The second-order valence-electron chi connectivity index (χ2n) is 15.3. The fraction of sp³-hybridized carbons (Fsp3) is 0.200. The zero-order chi connectivity index (χ0) is 34.5. The molecule has 248 valence electrons. The first-order valence-corrected chi connectivity index (χ1v) is 17.6. The average Bonchev–Trinajstić information content (AvgIpc) is 3.88. The highest BCUT2D eigenvalue weighted by Gasteiger charge is 2.51. The molecule has 0 saturated heterocycles. The van der Waals surface area contributed by atoms with E-state index in [0.717, 1.165) is 33.6 Å². The molecule has 51 heavy (non-hydrogen) atoms. The van der Waals surface area contributed by atoms with Gasteiger partial charge >= 0.3 is 0 Å². The van der Waals surface area contributed by atoms with Gasteiger partial charge in [0.05, 0.1) is 16.5 Å². The summed E-state index contributed by atoms with van der Waals surface area (Å²) >= 11 is 0. The van der Waals surface area contributed by atoms with Crippen molar-refractivity contribution in [2.45, 2.75) is 44.2 Å². The van der Waals surface area contributed by atoms with Crippen molar-refractivity contribution in [3.8, 4) is 44.5 Å². The Morgan fingerprint density at radius 2 is 0.863 bits per heavy atom. The van der Waals surface area contributed by atoms with Gasteiger partial charge in [-0.1, -0.05) is 84.9 Å². The summed E-state index contributed by atoms with van der Waals surface area (Å²) in [5.41, 5.74) is 15.2. The van der Waals surface area contributed by atoms with Crippen LogP contribution in [0.5, 0.6) is 0 Å². The Kier molecular flexibility index (Phi) is 6.21. The maximum atomic E-state index is 5.88. The fourth-order valence-corrected chi connectivity index (χ4v) is 8.31. The number of hydrogen-bond donors (Lipinski definition) is 0. The minimum Gasteiger partial charge on any atom is -0.474 e. The highest BCUT2D eigenvalue weighted by molar-refractivity contribution is 5.98. The normalized spacial score (nSPS) is 17.9. The van der Waals surface area contributed by atoms with E-state index in [1.807, 2.05) is 24.5 Å². The molecule has 0 saturated carbocycles. The topological polar surface area (TPSA) is 69.0 Å². The summed E-state index contributed by atoms with van der Waals surface area (Å²) < 4.78 is 11.8. The second-order valence-corrected chi connectivity index (χ2v) is 15.3. The zero-order valence-electron chi connectivity index (χ0n) is 29.1. The van der Waals surface area contributed by atoms with Crippen LogP contribution in [-0.2, 0) is 14.9 Å².